The summed E-state index contributed by atoms with van der Waals surface area (Å²) in [6.45, 7) is 4.07. The maximum Gasteiger partial charge on any atom is 0.220 e. The lowest BCUT2D eigenvalue weighted by molar-refractivity contribution is -0.124. The van der Waals surface area contributed by atoms with Gasteiger partial charge in [-0.2, -0.15) is 0 Å². The molecular weight excluding hydrogens is 450 g/mol. The van der Waals surface area contributed by atoms with Gasteiger partial charge in [-0.15, -0.1) is 0 Å². The maximum atomic E-state index is 12.2. The monoisotopic (exact) mass is 509 g/mol. The summed E-state index contributed by atoms with van der Waals surface area (Å²) in [4.78, 5) is 12.2. The zero-order chi connectivity index (χ0) is 26.7. The van der Waals surface area contributed by atoms with Gasteiger partial charge in [0.05, 0.1) is 18.8 Å². The van der Waals surface area contributed by atoms with Crippen molar-refractivity contribution in [3.05, 3.63) is 24.3 Å². The number of hydrogen-bond acceptors (Lipinski definition) is 4. The van der Waals surface area contributed by atoms with E-state index in [-0.39, 0.29) is 12.5 Å². The third-order valence-corrected chi connectivity index (χ3v) is 6.78. The van der Waals surface area contributed by atoms with Crippen LogP contribution in [0.1, 0.15) is 142 Å². The summed E-state index contributed by atoms with van der Waals surface area (Å²) in [5.74, 6) is -0.194. The number of nitrogens with one attached hydrogen (secondary N) is 1. The van der Waals surface area contributed by atoms with Crippen LogP contribution < -0.4 is 5.32 Å². The van der Waals surface area contributed by atoms with Gasteiger partial charge in [-0.3, -0.25) is 4.79 Å². The Morgan fingerprint density at radius 1 is 0.667 bits per heavy atom. The minimum Gasteiger partial charge on any atom is -0.394 e. The van der Waals surface area contributed by atoms with Crippen molar-refractivity contribution in [2.75, 3.05) is 6.61 Å². The van der Waals surface area contributed by atoms with Gasteiger partial charge in [0, 0.05) is 6.42 Å². The summed E-state index contributed by atoms with van der Waals surface area (Å²) in [6, 6.07) is -0.834. The number of aliphatic hydroxyl groups excluding tert-OH is 3. The average Bonchev–Trinajstić information content (AvgIpc) is 2.88. The third-order valence-electron chi connectivity index (χ3n) is 6.78. The van der Waals surface area contributed by atoms with E-state index in [1.807, 2.05) is 0 Å². The Bertz CT molecular complexity index is 535. The standard InChI is InChI=1S/C31H59NO4/c1-3-5-7-9-11-13-14-15-16-18-19-21-23-25-29(34)31(36)28(27-33)32-30(35)26-24-22-20-17-12-10-8-6-4-2/h17-20,28-29,31,33-34,36H,3-16,21-27H2,1-2H3,(H,32,35)/b19-18+,20-17-. The van der Waals surface area contributed by atoms with Crippen LogP contribution in [0, 0.1) is 0 Å². The van der Waals surface area contributed by atoms with Crippen LogP contribution in [-0.2, 0) is 4.79 Å². The zero-order valence-corrected chi connectivity index (χ0v) is 23.6. The summed E-state index contributed by atoms with van der Waals surface area (Å²) >= 11 is 0. The molecule has 0 radical (unpaired) electrons. The van der Waals surface area contributed by atoms with Crippen LogP contribution in [-0.4, -0.2) is 46.1 Å². The van der Waals surface area contributed by atoms with Crippen molar-refractivity contribution in [3.8, 4) is 0 Å². The summed E-state index contributed by atoms with van der Waals surface area (Å²) in [6.07, 6.45) is 28.4. The number of carbonyl (C=O) groups is 1. The molecule has 5 heteroatoms. The second kappa shape index (κ2) is 26.9. The number of carbonyl (C=O) groups excluding carboxylic acids is 1. The second-order valence-electron chi connectivity index (χ2n) is 10.3. The van der Waals surface area contributed by atoms with E-state index < -0.39 is 18.2 Å². The van der Waals surface area contributed by atoms with Gasteiger partial charge >= 0.3 is 0 Å². The molecule has 3 atom stereocenters. The number of unbranched alkanes of at least 4 members (excludes halogenated alkanes) is 14. The molecule has 212 valence electrons. The Labute approximate surface area is 222 Å². The highest BCUT2D eigenvalue weighted by molar-refractivity contribution is 5.76. The molecular formula is C31H59NO4. The van der Waals surface area contributed by atoms with Gasteiger partial charge < -0.3 is 20.6 Å². The van der Waals surface area contributed by atoms with Crippen LogP contribution in [0.25, 0.3) is 0 Å². The molecule has 0 spiro atoms. The zero-order valence-electron chi connectivity index (χ0n) is 23.6. The van der Waals surface area contributed by atoms with Crippen LogP contribution in [0.3, 0.4) is 0 Å². The smallest absolute Gasteiger partial charge is 0.220 e. The second-order valence-corrected chi connectivity index (χ2v) is 10.3. The molecule has 0 saturated carbocycles. The van der Waals surface area contributed by atoms with Crippen LogP contribution in [0.2, 0.25) is 0 Å². The van der Waals surface area contributed by atoms with E-state index in [4.69, 9.17) is 0 Å². The highest BCUT2D eigenvalue weighted by Gasteiger charge is 2.26. The van der Waals surface area contributed by atoms with Crippen LogP contribution in [0.15, 0.2) is 24.3 Å². The summed E-state index contributed by atoms with van der Waals surface area (Å²) in [5, 5.41) is 33.0. The average molecular weight is 510 g/mol. The Balaban J connectivity index is 3.87. The van der Waals surface area contributed by atoms with Crippen molar-refractivity contribution in [2.24, 2.45) is 0 Å². The quantitative estimate of drug-likeness (QED) is 0.0737. The van der Waals surface area contributed by atoms with E-state index in [9.17, 15) is 20.1 Å². The number of allylic oxidation sites excluding steroid dienone is 4. The molecule has 3 unspecified atom stereocenters. The normalized spacial score (nSPS) is 14.5. The molecule has 0 aromatic carbocycles. The SMILES string of the molecule is CCCCCC/C=C\CCCC(=O)NC(CO)C(O)C(O)CCC/C=C/CCCCCCCCCC. The minimum absolute atomic E-state index is 0.194. The largest absolute Gasteiger partial charge is 0.394 e. The molecule has 4 N–H and O–H groups in total. The van der Waals surface area contributed by atoms with Crippen LogP contribution in [0.4, 0.5) is 0 Å². The summed E-state index contributed by atoms with van der Waals surface area (Å²) in [5.41, 5.74) is 0. The molecule has 36 heavy (non-hydrogen) atoms. The van der Waals surface area contributed by atoms with Crippen molar-refractivity contribution < 1.29 is 20.1 Å². The molecule has 0 aromatic heterocycles. The van der Waals surface area contributed by atoms with E-state index in [2.05, 4.69) is 43.5 Å². The van der Waals surface area contributed by atoms with Crippen molar-refractivity contribution >= 4 is 5.91 Å². The summed E-state index contributed by atoms with van der Waals surface area (Å²) < 4.78 is 0. The van der Waals surface area contributed by atoms with Crippen LogP contribution >= 0.6 is 0 Å². The van der Waals surface area contributed by atoms with Gasteiger partial charge in [-0.25, -0.2) is 0 Å². The van der Waals surface area contributed by atoms with Crippen LogP contribution in [0.5, 0.6) is 0 Å². The van der Waals surface area contributed by atoms with Crippen molar-refractivity contribution in [1.29, 1.82) is 0 Å². The van der Waals surface area contributed by atoms with Gasteiger partial charge in [0.15, 0.2) is 0 Å². The fourth-order valence-corrected chi connectivity index (χ4v) is 4.34. The first kappa shape index (κ1) is 34.8. The molecule has 0 saturated heterocycles. The third kappa shape index (κ3) is 22.1. The van der Waals surface area contributed by atoms with Crippen molar-refractivity contribution in [2.45, 2.75) is 161 Å². The lowest BCUT2D eigenvalue weighted by Gasteiger charge is -2.26. The molecule has 5 nitrogen and oxygen atoms in total. The number of hydrogen-bond donors (Lipinski definition) is 4. The molecule has 0 aliphatic heterocycles. The molecule has 0 aromatic rings. The fraction of sp³-hybridized carbons (Fsp3) is 0.839. The lowest BCUT2D eigenvalue weighted by Crippen LogP contribution is -2.50. The first-order chi connectivity index (χ1) is 17.6. The molecule has 0 fully saturated rings. The van der Waals surface area contributed by atoms with E-state index >= 15 is 0 Å². The maximum absolute atomic E-state index is 12.2. The predicted octanol–water partition coefficient (Wildman–Crippen LogP) is 7.14. The molecule has 0 rings (SSSR count). The predicted molar refractivity (Wildman–Crippen MR) is 153 cm³/mol. The minimum atomic E-state index is -1.16. The molecule has 0 aliphatic rings. The fourth-order valence-electron chi connectivity index (χ4n) is 4.34. The van der Waals surface area contributed by atoms with E-state index in [1.54, 1.807) is 0 Å². The summed E-state index contributed by atoms with van der Waals surface area (Å²) in [7, 11) is 0. The molecule has 0 bridgehead atoms. The highest BCUT2D eigenvalue weighted by Crippen LogP contribution is 2.12. The topological polar surface area (TPSA) is 89.8 Å². The Kier molecular flexibility index (Phi) is 26.0. The first-order valence-corrected chi connectivity index (χ1v) is 15.1. The van der Waals surface area contributed by atoms with E-state index in [1.165, 1.54) is 77.0 Å². The molecule has 0 heterocycles. The van der Waals surface area contributed by atoms with Gasteiger partial charge in [0.1, 0.15) is 6.10 Å². The molecule has 1 amide bonds. The van der Waals surface area contributed by atoms with E-state index in [0.717, 1.165) is 38.5 Å². The van der Waals surface area contributed by atoms with E-state index in [0.29, 0.717) is 12.8 Å². The highest BCUT2D eigenvalue weighted by atomic mass is 16.3. The van der Waals surface area contributed by atoms with Gasteiger partial charge in [-0.1, -0.05) is 102 Å². The van der Waals surface area contributed by atoms with Gasteiger partial charge in [-0.05, 0) is 57.8 Å². The molecule has 0 aliphatic carbocycles. The van der Waals surface area contributed by atoms with Gasteiger partial charge in [0.25, 0.3) is 0 Å². The van der Waals surface area contributed by atoms with Gasteiger partial charge in [0.2, 0.25) is 5.91 Å². The Morgan fingerprint density at radius 2 is 1.11 bits per heavy atom. The number of rotatable bonds is 26. The number of amides is 1. The van der Waals surface area contributed by atoms with Crippen molar-refractivity contribution in [1.82, 2.24) is 5.32 Å². The Morgan fingerprint density at radius 3 is 1.64 bits per heavy atom. The number of aliphatic hydroxyl groups is 3. The van der Waals surface area contributed by atoms with Crippen molar-refractivity contribution in [3.63, 3.8) is 0 Å². The Hall–Kier alpha value is -1.17. The first-order valence-electron chi connectivity index (χ1n) is 15.1. The lowest BCUT2D eigenvalue weighted by atomic mass is 10.0.